The molecule has 758 valence electrons. The van der Waals surface area contributed by atoms with Crippen LogP contribution in [0.25, 0.3) is 0 Å². The Morgan fingerprint density at radius 1 is 0.324 bits per heavy atom. The van der Waals surface area contributed by atoms with Gasteiger partial charge in [0.05, 0.1) is 19.6 Å². The number of unbranched alkanes of at least 4 members (excludes halogenated alkanes) is 3. The molecule has 0 aromatic heterocycles. The highest BCUT2D eigenvalue weighted by atomic mass is 16.4. The van der Waals surface area contributed by atoms with Gasteiger partial charge >= 0.3 is 17.9 Å². The summed E-state index contributed by atoms with van der Waals surface area (Å²) in [4.78, 5) is 298. The number of nitrogens with one attached hydrogen (secondary N) is 16. The Labute approximate surface area is 788 Å². The van der Waals surface area contributed by atoms with E-state index in [1.807, 2.05) is 0 Å². The van der Waals surface area contributed by atoms with Gasteiger partial charge in [0.1, 0.15) is 90.6 Å². The van der Waals surface area contributed by atoms with E-state index >= 15 is 0 Å². The van der Waals surface area contributed by atoms with E-state index in [-0.39, 0.29) is 95.7 Å². The molecule has 2 aromatic carbocycles. The van der Waals surface area contributed by atoms with Crippen LogP contribution in [0.2, 0.25) is 0 Å². The number of rotatable bonds is 69. The molecule has 136 heavy (non-hydrogen) atoms. The highest BCUT2D eigenvalue weighted by Gasteiger charge is 2.40. The van der Waals surface area contributed by atoms with E-state index in [0.29, 0.717) is 43.2 Å². The molecule has 0 heterocycles. The second kappa shape index (κ2) is 63.7. The molecule has 16 atom stereocenters. The van der Waals surface area contributed by atoms with E-state index in [2.05, 4.69) is 85.1 Å². The van der Waals surface area contributed by atoms with Crippen molar-refractivity contribution >= 4 is 130 Å². The van der Waals surface area contributed by atoms with Gasteiger partial charge in [-0.3, -0.25) is 101 Å². The number of carboxylic acid groups (broad SMARTS) is 3. The van der Waals surface area contributed by atoms with Gasteiger partial charge in [0.25, 0.3) is 0 Å². The second-order valence-corrected chi connectivity index (χ2v) is 33.9. The van der Waals surface area contributed by atoms with Crippen LogP contribution >= 0.6 is 0 Å². The molecule has 19 amide bonds. The van der Waals surface area contributed by atoms with E-state index in [1.165, 1.54) is 13.8 Å². The quantitative estimate of drug-likeness (QED) is 0.0274. The van der Waals surface area contributed by atoms with Crippen molar-refractivity contribution in [3.05, 3.63) is 71.8 Å². The van der Waals surface area contributed by atoms with Crippen LogP contribution in [0.15, 0.2) is 60.7 Å². The predicted octanol–water partition coefficient (Wildman–Crippen LogP) is -6.36. The van der Waals surface area contributed by atoms with Crippen molar-refractivity contribution < 1.29 is 126 Å². The van der Waals surface area contributed by atoms with Gasteiger partial charge in [0.2, 0.25) is 112 Å². The van der Waals surface area contributed by atoms with Crippen LogP contribution in [-0.2, 0) is 118 Å². The van der Waals surface area contributed by atoms with E-state index in [0.717, 1.165) is 6.92 Å². The lowest BCUT2D eigenvalue weighted by molar-refractivity contribution is -0.142. The molecule has 0 saturated carbocycles. The van der Waals surface area contributed by atoms with Crippen LogP contribution in [0.5, 0.6) is 0 Å². The Balaban J connectivity index is 2.47. The van der Waals surface area contributed by atoms with Crippen LogP contribution < -0.4 is 119 Å². The van der Waals surface area contributed by atoms with Gasteiger partial charge in [-0.15, -0.1) is 0 Å². The third-order valence-electron chi connectivity index (χ3n) is 21.3. The summed E-state index contributed by atoms with van der Waals surface area (Å²) in [7, 11) is 0. The lowest BCUT2D eigenvalue weighted by atomic mass is 9.96. The van der Waals surface area contributed by atoms with Gasteiger partial charge in [-0.1, -0.05) is 109 Å². The molecule has 0 bridgehead atoms. The average molecular weight is 1920 g/mol. The zero-order valence-corrected chi connectivity index (χ0v) is 78.2. The first-order chi connectivity index (χ1) is 64.2. The molecule has 0 aliphatic carbocycles. The molecule has 0 spiro atoms. The van der Waals surface area contributed by atoms with Gasteiger partial charge in [-0.25, -0.2) is 4.79 Å². The minimum atomic E-state index is -2.03. The lowest BCUT2D eigenvalue weighted by Crippen LogP contribution is -2.61. The van der Waals surface area contributed by atoms with Crippen molar-refractivity contribution in [1.82, 2.24) is 85.1 Å². The van der Waals surface area contributed by atoms with Crippen molar-refractivity contribution in [2.45, 2.75) is 294 Å². The Morgan fingerprint density at radius 3 is 0.993 bits per heavy atom. The smallest absolute Gasteiger partial charge is 0.326 e. The monoisotopic (exact) mass is 1920 g/mol. The fourth-order valence-electron chi connectivity index (χ4n) is 13.7. The zero-order chi connectivity index (χ0) is 102. The van der Waals surface area contributed by atoms with E-state index in [4.69, 9.17) is 34.4 Å². The van der Waals surface area contributed by atoms with E-state index in [1.54, 1.807) is 95.3 Å². The number of carbonyl (C=O) groups is 22. The maximum Gasteiger partial charge on any atom is 0.326 e. The van der Waals surface area contributed by atoms with E-state index in [9.17, 15) is 126 Å². The summed E-state index contributed by atoms with van der Waals surface area (Å²) >= 11 is 0. The number of benzene rings is 2. The molecule has 0 radical (unpaired) electrons. The predicted molar refractivity (Wildman–Crippen MR) is 490 cm³/mol. The molecule has 32 N–H and O–H groups in total. The van der Waals surface area contributed by atoms with Crippen LogP contribution in [0.1, 0.15) is 201 Å². The highest BCUT2D eigenvalue weighted by Crippen LogP contribution is 2.18. The van der Waals surface area contributed by atoms with Crippen LogP contribution in [-0.4, -0.2) is 274 Å². The van der Waals surface area contributed by atoms with Crippen LogP contribution in [0.4, 0.5) is 0 Å². The number of amides is 19. The molecule has 0 saturated heterocycles. The first-order valence-electron chi connectivity index (χ1n) is 45.3. The van der Waals surface area contributed by atoms with Gasteiger partial charge in [0, 0.05) is 45.4 Å². The number of hydrogen-bond donors (Lipinski definition) is 26. The topological polar surface area (TPSA) is 805 Å². The molecule has 0 unspecified atom stereocenters. The van der Waals surface area contributed by atoms with Crippen molar-refractivity contribution in [1.29, 1.82) is 0 Å². The number of aliphatic carboxylic acids is 3. The molecule has 2 rings (SSSR count). The standard InChI is InChI=1S/C88H140N22O26/c1-9-49(6)73(110-85(132)64(43-53-24-14-11-15-25-53)108-79(126)57(30-34-68(93)114)101-76(123)54(97-51(8)112)26-16-19-37-89)87(134)103-59(32-36-72(119)120)81(128)109-65(44-69(94)115)75(122)95-45-70(116)98-66(46-111)86(133)102-58(31-35-71(117)118)80(127)107-63(42-52-22-12-10-13-23-52)82(129)96-50(7)74(121)99-56(29-33-67(92)113)78(125)100-55(27-17-20-38-90)77(124)105-62(41-48(4)5)84(131)106-61(40-47(2)3)83(130)104-60(88(135)136)28-18-21-39-91/h10-15,22-25,47-50,54-66,73,111H,9,16-21,26-46,89-91H2,1-8H3,(H2,92,113)(H2,93,114)(H2,94,115)(H,95,122)(H,96,129)(H,97,112)(H,98,116)(H,99,121)(H,100,125)(H,101,123)(H,102,133)(H,103,134)(H,104,130)(H,105,124)(H,106,131)(H,107,127)(H,108,126)(H,109,128)(H,110,132)(H,117,118)(H,119,120)(H,135,136)/t49-,50-,54-,55-,56-,57-,58-,59-,60-,61-,62-,63-,64-,65-,66-,73-/m0/s1. The molecule has 0 aliphatic rings. The van der Waals surface area contributed by atoms with Crippen LogP contribution in [0.3, 0.4) is 0 Å². The first kappa shape index (κ1) is 119. The van der Waals surface area contributed by atoms with Crippen molar-refractivity contribution in [2.24, 2.45) is 52.2 Å². The molecule has 0 fully saturated rings. The summed E-state index contributed by atoms with van der Waals surface area (Å²) in [5, 5.41) is 78.7. The SMILES string of the molecule is CC[C@H](C)[C@H](NC(=O)[C@H](Cc1ccccc1)NC(=O)[C@H](CCC(N)=O)NC(=O)[C@H](CCCCN)NC(C)=O)C(=O)N[C@@H](CCC(=O)O)C(=O)N[C@@H](CC(N)=O)C(=O)NCC(=O)N[C@@H](CO)C(=O)N[C@@H](CCC(=O)O)C(=O)N[C@@H](Cc1ccccc1)C(=O)N[C@@H](C)C(=O)N[C@@H](CCC(N)=O)C(=O)N[C@@H](CCCCN)C(=O)N[C@@H](CC(C)C)C(=O)N[C@@H](CC(C)C)C(=O)N[C@@H](CCCCN)C(=O)O. The summed E-state index contributed by atoms with van der Waals surface area (Å²) in [6.07, 6.45) is -4.01. The maximum atomic E-state index is 14.6. The van der Waals surface area contributed by atoms with Gasteiger partial charge in [0.15, 0.2) is 0 Å². The largest absolute Gasteiger partial charge is 0.481 e. The highest BCUT2D eigenvalue weighted by molar-refractivity contribution is 6.02. The average Bonchev–Trinajstić information content (AvgIpc) is 0.846. The van der Waals surface area contributed by atoms with Gasteiger partial charge in [-0.2, -0.15) is 0 Å². The molecule has 0 aliphatic heterocycles. The first-order valence-corrected chi connectivity index (χ1v) is 45.3. The summed E-state index contributed by atoms with van der Waals surface area (Å²) in [5.74, 6) is -25.4. The maximum absolute atomic E-state index is 14.6. The van der Waals surface area contributed by atoms with Gasteiger partial charge in [-0.05, 0) is 152 Å². The second-order valence-electron chi connectivity index (χ2n) is 33.9. The number of carbonyl (C=O) groups excluding carboxylic acids is 19. The van der Waals surface area contributed by atoms with Crippen molar-refractivity contribution in [2.75, 3.05) is 32.8 Å². The summed E-state index contributed by atoms with van der Waals surface area (Å²) in [6, 6.07) is -8.14. The number of hydrogen-bond acceptors (Lipinski definition) is 26. The number of aliphatic hydroxyl groups excluding tert-OH is 1. The Morgan fingerprint density at radius 2 is 0.640 bits per heavy atom. The van der Waals surface area contributed by atoms with E-state index < -0.39 is 291 Å². The Hall–Kier alpha value is -13.4. The van der Waals surface area contributed by atoms with Crippen molar-refractivity contribution in [3.63, 3.8) is 0 Å². The third kappa shape index (κ3) is 47.5. The molecule has 48 nitrogen and oxygen atoms in total. The number of nitrogens with two attached hydrogens (primary N) is 6. The van der Waals surface area contributed by atoms with Gasteiger partial charge < -0.3 is 140 Å². The normalized spacial score (nSPS) is 14.6. The summed E-state index contributed by atoms with van der Waals surface area (Å²) < 4.78 is 0. The number of aliphatic hydroxyl groups is 1. The minimum Gasteiger partial charge on any atom is -0.481 e. The summed E-state index contributed by atoms with van der Waals surface area (Å²) in [5.41, 5.74) is 34.3. The molecule has 2 aromatic rings. The van der Waals surface area contributed by atoms with Crippen LogP contribution in [0, 0.1) is 17.8 Å². The zero-order valence-electron chi connectivity index (χ0n) is 78.2. The molecular formula is C88H140N22O26. The fourth-order valence-corrected chi connectivity index (χ4v) is 13.7. The third-order valence-corrected chi connectivity index (χ3v) is 21.3. The molecular weight excluding hydrogens is 1780 g/mol. The summed E-state index contributed by atoms with van der Waals surface area (Å²) in [6.45, 7) is 10.8. The lowest BCUT2D eigenvalue weighted by Gasteiger charge is -2.29. The fraction of sp³-hybridized carbons (Fsp3) is 0.614. The number of carboxylic acids is 3. The number of primary amides is 3. The van der Waals surface area contributed by atoms with Crippen molar-refractivity contribution in [3.8, 4) is 0 Å². The Bertz CT molecular complexity index is 4340. The Kier molecular flexibility index (Phi) is 55.6. The minimum absolute atomic E-state index is 0.00142. The molecule has 48 heteroatoms.